The molecule has 1 radical (unpaired) electrons. The Morgan fingerprint density at radius 3 is 1.94 bits per heavy atom. The van der Waals surface area contributed by atoms with Gasteiger partial charge in [-0.25, -0.2) is 0 Å². The van der Waals surface area contributed by atoms with Crippen LogP contribution in [0, 0.1) is 0 Å². The monoisotopic (exact) mass is 458 g/mol. The van der Waals surface area contributed by atoms with Crippen molar-refractivity contribution in [2.75, 3.05) is 16.4 Å². The topological polar surface area (TPSA) is 156 Å². The van der Waals surface area contributed by atoms with E-state index in [2.05, 4.69) is 10.6 Å². The molecule has 1 amide bonds. The molecule has 33 heavy (non-hydrogen) atoms. The van der Waals surface area contributed by atoms with E-state index in [9.17, 15) is 27.4 Å². The average molecular weight is 458 g/mol. The van der Waals surface area contributed by atoms with Crippen molar-refractivity contribution < 1.29 is 27.4 Å². The molecule has 0 unspecified atom stereocenters. The molecule has 0 saturated carbocycles. The van der Waals surface area contributed by atoms with Crippen molar-refractivity contribution in [1.29, 1.82) is 0 Å². The first-order valence-electron chi connectivity index (χ1n) is 9.35. The van der Waals surface area contributed by atoms with Gasteiger partial charge in [-0.1, -0.05) is 24.3 Å². The molecule has 0 heterocycles. The van der Waals surface area contributed by atoms with Crippen molar-refractivity contribution in [2.24, 2.45) is 0 Å². The number of carbonyl (C=O) groups excluding carboxylic acids is 3. The maximum Gasteiger partial charge on any atom is 0.296 e. The Kier molecular flexibility index (Phi) is 6.49. The summed E-state index contributed by atoms with van der Waals surface area (Å²) in [5.41, 5.74) is 6.27. The van der Waals surface area contributed by atoms with Crippen LogP contribution in [0.4, 0.5) is 22.7 Å². The maximum absolute atomic E-state index is 13.2. The Hall–Kier alpha value is -3.42. The molecule has 0 aromatic heterocycles. The fourth-order valence-corrected chi connectivity index (χ4v) is 4.25. The van der Waals surface area contributed by atoms with Crippen LogP contribution >= 0.6 is 0 Å². The first-order valence-corrected chi connectivity index (χ1v) is 10.8. The molecule has 0 aliphatic heterocycles. The van der Waals surface area contributed by atoms with Crippen LogP contribution < -0.4 is 16.4 Å². The maximum atomic E-state index is 13.2. The summed E-state index contributed by atoms with van der Waals surface area (Å²) in [5.74, 6) is -1.39. The molecule has 3 aromatic rings. The molecule has 1 aliphatic rings. The van der Waals surface area contributed by atoms with Crippen molar-refractivity contribution in [1.82, 2.24) is 0 Å². The van der Waals surface area contributed by atoms with Crippen molar-refractivity contribution in [3.63, 3.8) is 0 Å². The molecule has 5 N–H and O–H groups in total. The Morgan fingerprint density at radius 1 is 0.909 bits per heavy atom. The predicted molar refractivity (Wildman–Crippen MR) is 124 cm³/mol. The Balaban J connectivity index is 0.00000306. The second kappa shape index (κ2) is 8.84. The number of benzene rings is 3. The van der Waals surface area contributed by atoms with Crippen LogP contribution in [0.1, 0.15) is 38.8 Å². The number of hydrogen-bond acceptors (Lipinski definition) is 7. The number of nitrogens with two attached hydrogens (primary N) is 1. The number of carbonyl (C=O) groups is 3. The molecule has 0 fully saturated rings. The molecule has 1 aliphatic carbocycles. The third-order valence-corrected chi connectivity index (χ3v) is 5.86. The van der Waals surface area contributed by atoms with Gasteiger partial charge in [0, 0.05) is 48.3 Å². The zero-order valence-electron chi connectivity index (χ0n) is 17.7. The van der Waals surface area contributed by atoms with Crippen LogP contribution in [-0.4, -0.2) is 49.3 Å². The minimum atomic E-state index is -4.80. The van der Waals surface area contributed by atoms with Crippen LogP contribution in [0.25, 0.3) is 0 Å². The number of hydrogen-bond donors (Lipinski definition) is 4. The van der Waals surface area contributed by atoms with E-state index in [0.717, 1.165) is 6.07 Å². The van der Waals surface area contributed by atoms with Crippen molar-refractivity contribution in [3.8, 4) is 0 Å². The number of fused-ring (bicyclic) bond motifs is 2. The van der Waals surface area contributed by atoms with E-state index in [-0.39, 0.29) is 52.7 Å². The van der Waals surface area contributed by atoms with Gasteiger partial charge in [0.1, 0.15) is 4.90 Å². The quantitative estimate of drug-likeness (QED) is 0.207. The normalized spacial score (nSPS) is 12.3. The van der Waals surface area contributed by atoms with Gasteiger partial charge in [0.25, 0.3) is 10.1 Å². The SMILES string of the molecule is CC(=O)Nc1ccc(Nc2cc(S(=O)(=O)O)c(N)c3c2C(=O)c2ccccc2C3=O)cc1.[Li]. The molecule has 9 nitrogen and oxygen atoms in total. The van der Waals surface area contributed by atoms with Gasteiger partial charge in [0.15, 0.2) is 11.6 Å². The summed E-state index contributed by atoms with van der Waals surface area (Å²) in [5, 5.41) is 5.53. The second-order valence-corrected chi connectivity index (χ2v) is 8.54. The van der Waals surface area contributed by atoms with E-state index in [1.165, 1.54) is 19.1 Å². The van der Waals surface area contributed by atoms with E-state index >= 15 is 0 Å². The zero-order chi connectivity index (χ0) is 23.2. The van der Waals surface area contributed by atoms with Crippen LogP contribution in [0.15, 0.2) is 59.5 Å². The van der Waals surface area contributed by atoms with E-state index in [0.29, 0.717) is 11.4 Å². The molecule has 4 rings (SSSR count). The molecule has 163 valence electrons. The van der Waals surface area contributed by atoms with Crippen LogP contribution in [0.5, 0.6) is 0 Å². The smallest absolute Gasteiger partial charge is 0.296 e. The molecule has 11 heteroatoms. The van der Waals surface area contributed by atoms with Gasteiger partial charge in [0.05, 0.1) is 22.5 Å². The van der Waals surface area contributed by atoms with E-state index < -0.39 is 32.3 Å². The summed E-state index contributed by atoms with van der Waals surface area (Å²) in [6, 6.07) is 13.5. The van der Waals surface area contributed by atoms with Gasteiger partial charge in [-0.3, -0.25) is 18.9 Å². The number of amides is 1. The van der Waals surface area contributed by atoms with Crippen molar-refractivity contribution >= 4 is 69.2 Å². The molecule has 0 bridgehead atoms. The summed E-state index contributed by atoms with van der Waals surface area (Å²) in [6.45, 7) is 1.37. The summed E-state index contributed by atoms with van der Waals surface area (Å²) in [7, 11) is -4.80. The third kappa shape index (κ3) is 4.42. The largest absolute Gasteiger partial charge is 0.397 e. The number of nitrogens with one attached hydrogen (secondary N) is 2. The van der Waals surface area contributed by atoms with Gasteiger partial charge >= 0.3 is 0 Å². The molecular formula is C22H17LiN3O6S. The molecule has 3 aromatic carbocycles. The van der Waals surface area contributed by atoms with Crippen molar-refractivity contribution in [2.45, 2.75) is 11.8 Å². The number of ketones is 2. The van der Waals surface area contributed by atoms with Gasteiger partial charge in [0.2, 0.25) is 5.91 Å². The predicted octanol–water partition coefficient (Wildman–Crippen LogP) is 2.61. The molecule has 0 atom stereocenters. The summed E-state index contributed by atoms with van der Waals surface area (Å²) in [4.78, 5) is 36.9. The third-order valence-electron chi connectivity index (χ3n) is 4.96. The van der Waals surface area contributed by atoms with Crippen molar-refractivity contribution in [3.05, 3.63) is 76.9 Å². The van der Waals surface area contributed by atoms with Crippen LogP contribution in [0.3, 0.4) is 0 Å². The zero-order valence-corrected chi connectivity index (χ0v) is 18.5. The van der Waals surface area contributed by atoms with E-state index in [1.807, 2.05) is 0 Å². The summed E-state index contributed by atoms with van der Waals surface area (Å²) < 4.78 is 33.5. The average Bonchev–Trinajstić information content (AvgIpc) is 2.73. The fraction of sp³-hybridized carbons (Fsp3) is 0.0455. The Labute approximate surface area is 201 Å². The van der Waals surface area contributed by atoms with Gasteiger partial charge in [-0.2, -0.15) is 8.42 Å². The van der Waals surface area contributed by atoms with Gasteiger partial charge in [-0.05, 0) is 30.3 Å². The van der Waals surface area contributed by atoms with E-state index in [1.54, 1.807) is 36.4 Å². The van der Waals surface area contributed by atoms with E-state index in [4.69, 9.17) is 5.73 Å². The van der Waals surface area contributed by atoms with Gasteiger partial charge in [-0.15, -0.1) is 0 Å². The fourth-order valence-electron chi connectivity index (χ4n) is 3.60. The molecule has 0 spiro atoms. The molecule has 0 saturated heterocycles. The Bertz CT molecular complexity index is 1420. The summed E-state index contributed by atoms with van der Waals surface area (Å²) in [6.07, 6.45) is 0. The first kappa shape index (κ1) is 24.2. The number of anilines is 4. The first-order chi connectivity index (χ1) is 15.1. The second-order valence-electron chi connectivity index (χ2n) is 7.15. The van der Waals surface area contributed by atoms with Crippen LogP contribution in [0.2, 0.25) is 0 Å². The standard InChI is InChI=1S/C22H17N3O6S.Li/c1-11(26)24-12-6-8-13(9-7-12)25-16-10-17(32(29,30)31)20(23)19-18(16)21(27)14-4-2-3-5-15(14)22(19)28;/h2-10,25H,23H2,1H3,(H,24,26)(H,29,30,31);. The minimum absolute atomic E-state index is 0. The molecular weight excluding hydrogens is 441 g/mol. The number of rotatable bonds is 4. The minimum Gasteiger partial charge on any atom is -0.397 e. The Morgan fingerprint density at radius 2 is 1.42 bits per heavy atom. The van der Waals surface area contributed by atoms with Gasteiger partial charge < -0.3 is 16.4 Å². The summed E-state index contributed by atoms with van der Waals surface area (Å²) >= 11 is 0. The number of nitrogen functional groups attached to an aromatic ring is 1. The van der Waals surface area contributed by atoms with Crippen LogP contribution in [-0.2, 0) is 14.9 Å².